The summed E-state index contributed by atoms with van der Waals surface area (Å²) in [5.41, 5.74) is 13.1. The van der Waals surface area contributed by atoms with Crippen molar-refractivity contribution in [1.82, 2.24) is 15.0 Å². The Morgan fingerprint density at radius 2 is 1.40 bits per heavy atom. The maximum Gasteiger partial charge on any atom is 0.164 e. The van der Waals surface area contributed by atoms with Crippen LogP contribution in [0.3, 0.4) is 0 Å². The summed E-state index contributed by atoms with van der Waals surface area (Å²) in [6.45, 7) is 13.0. The topological polar surface area (TPSA) is 38.7 Å². The Bertz CT molecular complexity index is 2570. The van der Waals surface area contributed by atoms with Gasteiger partial charge in [0, 0.05) is 11.1 Å². The molecule has 1 atom stereocenters. The van der Waals surface area contributed by atoms with E-state index in [1.165, 1.54) is 22.3 Å². The van der Waals surface area contributed by atoms with Crippen molar-refractivity contribution >= 4 is 16.7 Å². The van der Waals surface area contributed by atoms with Crippen molar-refractivity contribution in [3.63, 3.8) is 0 Å². The van der Waals surface area contributed by atoms with Gasteiger partial charge in [0.15, 0.2) is 17.5 Å². The van der Waals surface area contributed by atoms with Crippen molar-refractivity contribution in [1.29, 1.82) is 0 Å². The molecule has 0 radical (unpaired) electrons. The minimum atomic E-state index is -0.454. The van der Waals surface area contributed by atoms with E-state index in [9.17, 15) is 0 Å². The Labute approximate surface area is 345 Å². The lowest BCUT2D eigenvalue weighted by molar-refractivity contribution is 0.776. The van der Waals surface area contributed by atoms with E-state index in [0.717, 1.165) is 63.8 Å². The van der Waals surface area contributed by atoms with Crippen LogP contribution in [0.25, 0.3) is 50.6 Å². The van der Waals surface area contributed by atoms with Crippen molar-refractivity contribution in [2.24, 2.45) is 0 Å². The summed E-state index contributed by atoms with van der Waals surface area (Å²) in [6, 6.07) is 36.3. The highest BCUT2D eigenvalue weighted by Crippen LogP contribution is 2.52. The van der Waals surface area contributed by atoms with Gasteiger partial charge in [-0.3, -0.25) is 0 Å². The molecule has 1 unspecified atom stereocenters. The van der Waals surface area contributed by atoms with Gasteiger partial charge in [0.1, 0.15) is 0 Å². The minimum absolute atomic E-state index is 0.454. The zero-order valence-electron chi connectivity index (χ0n) is 34.1. The second-order valence-electron chi connectivity index (χ2n) is 14.5. The van der Waals surface area contributed by atoms with Crippen molar-refractivity contribution in [2.45, 2.75) is 52.4 Å². The summed E-state index contributed by atoms with van der Waals surface area (Å²) >= 11 is 0. The Kier molecular flexibility index (Phi) is 12.6. The van der Waals surface area contributed by atoms with Gasteiger partial charge in [-0.1, -0.05) is 190 Å². The van der Waals surface area contributed by atoms with Gasteiger partial charge in [-0.25, -0.2) is 15.0 Å². The highest BCUT2D eigenvalue weighted by atomic mass is 15.0. The van der Waals surface area contributed by atoms with Crippen LogP contribution in [-0.2, 0) is 5.41 Å². The second-order valence-corrected chi connectivity index (χ2v) is 14.5. The first-order chi connectivity index (χ1) is 28.5. The highest BCUT2D eigenvalue weighted by Gasteiger charge is 2.41. The molecule has 4 aromatic carbocycles. The third-order valence-corrected chi connectivity index (χ3v) is 10.7. The molecule has 7 rings (SSSR count). The summed E-state index contributed by atoms with van der Waals surface area (Å²) in [5.74, 6) is 2.02. The highest BCUT2D eigenvalue weighted by molar-refractivity contribution is 5.94. The zero-order chi connectivity index (χ0) is 40.3. The van der Waals surface area contributed by atoms with E-state index in [-0.39, 0.29) is 0 Å². The molecule has 0 bridgehead atoms. The van der Waals surface area contributed by atoms with Gasteiger partial charge in [-0.2, -0.15) is 0 Å². The van der Waals surface area contributed by atoms with E-state index in [1.807, 2.05) is 62.4 Å². The van der Waals surface area contributed by atoms with Crippen molar-refractivity contribution in [3.8, 4) is 33.9 Å². The van der Waals surface area contributed by atoms with Gasteiger partial charge >= 0.3 is 0 Å². The average Bonchev–Trinajstić information content (AvgIpc) is 3.62. The third-order valence-electron chi connectivity index (χ3n) is 10.7. The maximum atomic E-state index is 4.98. The van der Waals surface area contributed by atoms with E-state index in [2.05, 4.69) is 160 Å². The first-order valence-electron chi connectivity index (χ1n) is 20.4. The Balaban J connectivity index is 1.26. The fraction of sp³-hybridized carbons (Fsp3) is 0.145. The number of nitrogens with zero attached hydrogens (tertiary/aromatic N) is 3. The number of hydrogen-bond donors (Lipinski definition) is 0. The molecule has 2 aliphatic rings. The monoisotopic (exact) mass is 753 g/mol. The normalized spacial score (nSPS) is 17.1. The molecule has 3 nitrogen and oxygen atoms in total. The number of hydrogen-bond acceptors (Lipinski definition) is 3. The lowest BCUT2D eigenvalue weighted by Crippen LogP contribution is -2.26. The van der Waals surface area contributed by atoms with Crippen LogP contribution in [0.4, 0.5) is 0 Å². The molecule has 0 fully saturated rings. The first-order valence-corrected chi connectivity index (χ1v) is 20.4. The summed E-state index contributed by atoms with van der Waals surface area (Å²) in [4.78, 5) is 14.9. The third kappa shape index (κ3) is 8.36. The SMILES string of the molecule is C=C(/C=C\C=C/C)C1(C2=CCCC=C2)C=C(/C=C(\C=C/C)c2cccc(-c3ccc(-c4nc(/C(=C/C=C\C)CC)nc(-c5ccccc5)n4)cc3)c2)c2ccccc21. The van der Waals surface area contributed by atoms with Gasteiger partial charge < -0.3 is 0 Å². The fourth-order valence-corrected chi connectivity index (χ4v) is 7.79. The van der Waals surface area contributed by atoms with Crippen LogP contribution in [0.1, 0.15) is 69.5 Å². The van der Waals surface area contributed by atoms with Crippen LogP contribution < -0.4 is 0 Å². The van der Waals surface area contributed by atoms with Crippen molar-refractivity contribution < 1.29 is 0 Å². The number of fused-ring (bicyclic) bond motifs is 1. The van der Waals surface area contributed by atoms with Gasteiger partial charge in [-0.15, -0.1) is 0 Å². The summed E-state index contributed by atoms with van der Waals surface area (Å²) < 4.78 is 0. The summed E-state index contributed by atoms with van der Waals surface area (Å²) in [5, 5.41) is 0. The average molecular weight is 754 g/mol. The minimum Gasteiger partial charge on any atom is -0.209 e. The zero-order valence-corrected chi connectivity index (χ0v) is 34.1. The molecular formula is C55H51N3. The van der Waals surface area contributed by atoms with E-state index in [0.29, 0.717) is 17.5 Å². The van der Waals surface area contributed by atoms with Gasteiger partial charge in [0.05, 0.1) is 5.41 Å². The van der Waals surface area contributed by atoms with Crippen LogP contribution in [0, 0.1) is 0 Å². The quantitative estimate of drug-likeness (QED) is 0.112. The summed E-state index contributed by atoms with van der Waals surface area (Å²) in [7, 11) is 0. The molecule has 0 saturated carbocycles. The van der Waals surface area contributed by atoms with Crippen LogP contribution in [0.5, 0.6) is 0 Å². The molecule has 0 saturated heterocycles. The lowest BCUT2D eigenvalue weighted by atomic mass is 9.69. The van der Waals surface area contributed by atoms with Crippen molar-refractivity contribution in [3.05, 3.63) is 228 Å². The molecular weight excluding hydrogens is 703 g/mol. The molecule has 0 aliphatic heterocycles. The van der Waals surface area contributed by atoms with E-state index in [1.54, 1.807) is 0 Å². The number of aromatic nitrogens is 3. The van der Waals surface area contributed by atoms with E-state index in [4.69, 9.17) is 15.0 Å². The van der Waals surface area contributed by atoms with Gasteiger partial charge in [0.2, 0.25) is 0 Å². The van der Waals surface area contributed by atoms with Crippen LogP contribution in [-0.4, -0.2) is 15.0 Å². The Morgan fingerprint density at radius 3 is 2.10 bits per heavy atom. The standard InChI is InChI=1S/C55H51N3/c1-6-10-14-23-40(5)55(49-29-17-13-18-30-49)39-48(50-31-19-20-32-51(50)55)38-45(22-8-3)47-28-21-27-46(37-47)42-33-35-44(36-34-42)54-57-52(41(9-4)24-11-7-2)56-53(58-54)43-25-15-12-16-26-43/h6-8,10-12,14-17,19-39H,5,9,13,18H2,1-4H3/b10-6-,11-7-,22-8-,23-14-,41-24+,45-38+. The Hall–Kier alpha value is -6.71. The van der Waals surface area contributed by atoms with E-state index >= 15 is 0 Å². The molecule has 0 amide bonds. The Morgan fingerprint density at radius 1 is 0.690 bits per heavy atom. The molecule has 1 heterocycles. The molecule has 0 spiro atoms. The molecule has 5 aromatic rings. The lowest BCUT2D eigenvalue weighted by Gasteiger charge is -2.33. The number of allylic oxidation sites excluding steroid dienone is 19. The van der Waals surface area contributed by atoms with Crippen LogP contribution >= 0.6 is 0 Å². The maximum absolute atomic E-state index is 4.98. The molecule has 3 heteroatoms. The van der Waals surface area contributed by atoms with Crippen LogP contribution in [0.2, 0.25) is 0 Å². The number of benzene rings is 4. The van der Waals surface area contributed by atoms with Gasteiger partial charge in [-0.05, 0) is 108 Å². The van der Waals surface area contributed by atoms with Crippen LogP contribution in [0.15, 0.2) is 206 Å². The molecule has 0 N–H and O–H groups in total. The predicted molar refractivity (Wildman–Crippen MR) is 248 cm³/mol. The predicted octanol–water partition coefficient (Wildman–Crippen LogP) is 14.5. The summed E-state index contributed by atoms with van der Waals surface area (Å²) in [6.07, 6.45) is 33.5. The van der Waals surface area contributed by atoms with Crippen molar-refractivity contribution in [2.75, 3.05) is 0 Å². The first kappa shape index (κ1) is 39.5. The smallest absolute Gasteiger partial charge is 0.164 e. The molecule has 2 aliphatic carbocycles. The molecule has 58 heavy (non-hydrogen) atoms. The fourth-order valence-electron chi connectivity index (χ4n) is 7.79. The van der Waals surface area contributed by atoms with E-state index < -0.39 is 5.41 Å². The van der Waals surface area contributed by atoms with Gasteiger partial charge in [0.25, 0.3) is 0 Å². The second kappa shape index (κ2) is 18.5. The largest absolute Gasteiger partial charge is 0.209 e. The number of rotatable bonds is 13. The molecule has 1 aromatic heterocycles. The molecule has 286 valence electrons.